The first kappa shape index (κ1) is 15.5. The molecule has 0 radical (unpaired) electrons. The summed E-state index contributed by atoms with van der Waals surface area (Å²) in [5.41, 5.74) is 1.23. The second kappa shape index (κ2) is 5.65. The highest BCUT2D eigenvalue weighted by molar-refractivity contribution is 7.10. The van der Waals surface area contributed by atoms with Crippen LogP contribution in [0.15, 0.2) is 35.8 Å². The lowest BCUT2D eigenvalue weighted by Gasteiger charge is -2.32. The van der Waals surface area contributed by atoms with Crippen LogP contribution in [0.5, 0.6) is 0 Å². The maximum Gasteiger partial charge on any atom is 0.496 e. The molecule has 0 spiro atoms. The summed E-state index contributed by atoms with van der Waals surface area (Å²) in [6, 6.07) is 8.13. The van der Waals surface area contributed by atoms with E-state index in [0.717, 1.165) is 11.2 Å². The Kier molecular flexibility index (Phi) is 3.97. The van der Waals surface area contributed by atoms with E-state index in [0.29, 0.717) is 0 Å². The highest BCUT2D eigenvalue weighted by atomic mass is 32.1. The fourth-order valence-electron chi connectivity index (χ4n) is 2.19. The van der Waals surface area contributed by atoms with Crippen LogP contribution in [0.4, 0.5) is 0 Å². The molecular weight excluding hydrogens is 293 g/mol. The molecule has 3 rings (SSSR count). The van der Waals surface area contributed by atoms with E-state index in [1.165, 1.54) is 4.88 Å². The zero-order valence-corrected chi connectivity index (χ0v) is 14.2. The maximum absolute atomic E-state index is 6.03. The second-order valence-electron chi connectivity index (χ2n) is 6.45. The van der Waals surface area contributed by atoms with E-state index in [-0.39, 0.29) is 18.3 Å². The molecule has 2 aromatic heterocycles. The lowest BCUT2D eigenvalue weighted by molar-refractivity contribution is 0.00578. The summed E-state index contributed by atoms with van der Waals surface area (Å²) < 4.78 is 12.1. The molecule has 0 saturated carbocycles. The van der Waals surface area contributed by atoms with E-state index in [4.69, 9.17) is 9.31 Å². The van der Waals surface area contributed by atoms with Crippen LogP contribution in [0.3, 0.4) is 0 Å². The fraction of sp³-hybridized carbons (Fsp3) is 0.353. The minimum Gasteiger partial charge on any atom is -0.399 e. The molecule has 1 saturated heterocycles. The van der Waals surface area contributed by atoms with Crippen LogP contribution in [0, 0.1) is 0 Å². The largest absolute Gasteiger partial charge is 0.496 e. The Morgan fingerprint density at radius 3 is 2.32 bits per heavy atom. The van der Waals surface area contributed by atoms with E-state index in [1.807, 2.05) is 30.5 Å². The Labute approximate surface area is 136 Å². The standard InChI is InChI=1S/C17H20BNO2S/c1-16(2)17(3,4)21-18(20-16)13-7-8-14(19-12-13)9-10-15-6-5-11-22-15/h5-12H,1-4H3/b10-9+. The van der Waals surface area contributed by atoms with Crippen LogP contribution in [-0.2, 0) is 9.31 Å². The molecule has 0 unspecified atom stereocenters. The average Bonchev–Trinajstić information content (AvgIpc) is 3.04. The molecule has 22 heavy (non-hydrogen) atoms. The number of pyridine rings is 1. The normalized spacial score (nSPS) is 19.9. The van der Waals surface area contributed by atoms with Gasteiger partial charge < -0.3 is 9.31 Å². The number of hydrogen-bond acceptors (Lipinski definition) is 4. The molecule has 0 atom stereocenters. The minimum absolute atomic E-state index is 0.324. The lowest BCUT2D eigenvalue weighted by atomic mass is 9.80. The van der Waals surface area contributed by atoms with E-state index in [9.17, 15) is 0 Å². The Bertz CT molecular complexity index is 646. The highest BCUT2D eigenvalue weighted by Gasteiger charge is 2.51. The van der Waals surface area contributed by atoms with Crippen LogP contribution in [-0.4, -0.2) is 23.3 Å². The number of rotatable bonds is 3. The molecule has 0 N–H and O–H groups in total. The van der Waals surface area contributed by atoms with Crippen LogP contribution >= 0.6 is 11.3 Å². The van der Waals surface area contributed by atoms with Crippen molar-refractivity contribution >= 4 is 36.1 Å². The molecule has 0 amide bonds. The second-order valence-corrected chi connectivity index (χ2v) is 7.43. The monoisotopic (exact) mass is 313 g/mol. The van der Waals surface area contributed by atoms with Crippen LogP contribution in [0.25, 0.3) is 12.2 Å². The minimum atomic E-state index is -0.354. The third kappa shape index (κ3) is 3.02. The zero-order chi connectivity index (χ0) is 15.8. The van der Waals surface area contributed by atoms with Gasteiger partial charge in [-0.05, 0) is 57.4 Å². The van der Waals surface area contributed by atoms with Crippen molar-refractivity contribution in [3.8, 4) is 0 Å². The van der Waals surface area contributed by atoms with Crippen molar-refractivity contribution in [1.29, 1.82) is 0 Å². The molecule has 1 aliphatic rings. The van der Waals surface area contributed by atoms with Gasteiger partial charge in [0.15, 0.2) is 0 Å². The summed E-state index contributed by atoms with van der Waals surface area (Å²) in [6.45, 7) is 8.22. The number of aromatic nitrogens is 1. The summed E-state index contributed by atoms with van der Waals surface area (Å²) in [5, 5.41) is 2.06. The first-order valence-electron chi connectivity index (χ1n) is 7.41. The fourth-order valence-corrected chi connectivity index (χ4v) is 2.81. The van der Waals surface area contributed by atoms with Crippen molar-refractivity contribution in [2.24, 2.45) is 0 Å². The van der Waals surface area contributed by atoms with E-state index in [1.54, 1.807) is 11.3 Å². The van der Waals surface area contributed by atoms with Crippen molar-refractivity contribution in [1.82, 2.24) is 4.98 Å². The van der Waals surface area contributed by atoms with Gasteiger partial charge in [0.25, 0.3) is 0 Å². The van der Waals surface area contributed by atoms with Gasteiger partial charge in [-0.15, -0.1) is 11.3 Å². The summed E-state index contributed by atoms with van der Waals surface area (Å²) in [6.07, 6.45) is 5.91. The molecule has 0 bridgehead atoms. The van der Waals surface area contributed by atoms with E-state index >= 15 is 0 Å². The Morgan fingerprint density at radius 2 is 1.77 bits per heavy atom. The van der Waals surface area contributed by atoms with Crippen molar-refractivity contribution < 1.29 is 9.31 Å². The van der Waals surface area contributed by atoms with Gasteiger partial charge in [0, 0.05) is 16.5 Å². The molecule has 3 heterocycles. The molecule has 0 aromatic carbocycles. The van der Waals surface area contributed by atoms with Crippen LogP contribution in [0.2, 0.25) is 0 Å². The summed E-state index contributed by atoms with van der Waals surface area (Å²) in [5.74, 6) is 0. The van der Waals surface area contributed by atoms with Gasteiger partial charge in [-0.1, -0.05) is 12.1 Å². The van der Waals surface area contributed by atoms with Gasteiger partial charge >= 0.3 is 7.12 Å². The molecule has 0 aliphatic carbocycles. The van der Waals surface area contributed by atoms with Gasteiger partial charge in [0.05, 0.1) is 16.9 Å². The predicted octanol–water partition coefficient (Wildman–Crippen LogP) is 3.61. The smallest absolute Gasteiger partial charge is 0.399 e. The lowest BCUT2D eigenvalue weighted by Crippen LogP contribution is -2.41. The van der Waals surface area contributed by atoms with Gasteiger partial charge in [-0.3, -0.25) is 4.98 Å². The van der Waals surface area contributed by atoms with Crippen molar-refractivity contribution in [3.05, 3.63) is 46.4 Å². The Morgan fingerprint density at radius 1 is 1.05 bits per heavy atom. The molecule has 3 nitrogen and oxygen atoms in total. The Balaban J connectivity index is 1.73. The summed E-state index contributed by atoms with van der Waals surface area (Å²) >= 11 is 1.71. The number of hydrogen-bond donors (Lipinski definition) is 0. The average molecular weight is 313 g/mol. The molecule has 1 aliphatic heterocycles. The third-order valence-corrected chi connectivity index (χ3v) is 5.13. The first-order chi connectivity index (χ1) is 10.4. The predicted molar refractivity (Wildman–Crippen MR) is 93.2 cm³/mol. The summed E-state index contributed by atoms with van der Waals surface area (Å²) in [4.78, 5) is 5.70. The SMILES string of the molecule is CC1(C)OB(c2ccc(/C=C/c3cccs3)nc2)OC1(C)C. The maximum atomic E-state index is 6.03. The molecule has 2 aromatic rings. The van der Waals surface area contributed by atoms with Crippen LogP contribution < -0.4 is 5.46 Å². The van der Waals surface area contributed by atoms with Gasteiger partial charge in [-0.2, -0.15) is 0 Å². The molecule has 114 valence electrons. The third-order valence-electron chi connectivity index (χ3n) is 4.30. The van der Waals surface area contributed by atoms with Gasteiger partial charge in [0.1, 0.15) is 0 Å². The zero-order valence-electron chi connectivity index (χ0n) is 13.4. The van der Waals surface area contributed by atoms with E-state index < -0.39 is 0 Å². The quantitative estimate of drug-likeness (QED) is 0.811. The molecular formula is C17H20BNO2S. The first-order valence-corrected chi connectivity index (χ1v) is 8.28. The Hall–Kier alpha value is -1.43. The van der Waals surface area contributed by atoms with Gasteiger partial charge in [-0.25, -0.2) is 0 Å². The van der Waals surface area contributed by atoms with Crippen molar-refractivity contribution in [2.75, 3.05) is 0 Å². The van der Waals surface area contributed by atoms with Crippen molar-refractivity contribution in [3.63, 3.8) is 0 Å². The number of nitrogens with zero attached hydrogens (tertiary/aromatic N) is 1. The highest BCUT2D eigenvalue weighted by Crippen LogP contribution is 2.36. The number of thiophene rings is 1. The van der Waals surface area contributed by atoms with Crippen molar-refractivity contribution in [2.45, 2.75) is 38.9 Å². The molecule has 1 fully saturated rings. The topological polar surface area (TPSA) is 31.4 Å². The van der Waals surface area contributed by atoms with E-state index in [2.05, 4.69) is 50.2 Å². The molecule has 5 heteroatoms. The van der Waals surface area contributed by atoms with Gasteiger partial charge in [0.2, 0.25) is 0 Å². The van der Waals surface area contributed by atoms with Crippen LogP contribution in [0.1, 0.15) is 38.3 Å². The summed E-state index contributed by atoms with van der Waals surface area (Å²) in [7, 11) is -0.354.